The number of aliphatic hydroxyl groups is 1. The molecule has 1 nitrogen and oxygen atoms in total. The Labute approximate surface area is 99.3 Å². The van der Waals surface area contributed by atoms with Gasteiger partial charge in [0, 0.05) is 5.92 Å². The van der Waals surface area contributed by atoms with Gasteiger partial charge in [0.15, 0.2) is 0 Å². The fraction of sp³-hybridized carbons (Fsp3) is 0.733. The summed E-state index contributed by atoms with van der Waals surface area (Å²) in [5, 5.41) is 10.2. The molecule has 1 saturated carbocycles. The van der Waals surface area contributed by atoms with Crippen molar-refractivity contribution in [2.24, 2.45) is 17.3 Å². The molecule has 0 spiro atoms. The Balaban J connectivity index is 2.18. The van der Waals surface area contributed by atoms with Crippen molar-refractivity contribution in [3.05, 3.63) is 23.8 Å². The fourth-order valence-corrected chi connectivity index (χ4v) is 3.46. The topological polar surface area (TPSA) is 20.2 Å². The molecule has 0 aromatic carbocycles. The molecule has 0 saturated heterocycles. The van der Waals surface area contributed by atoms with Crippen molar-refractivity contribution < 1.29 is 5.11 Å². The smallest absolute Gasteiger partial charge is 0.0661 e. The van der Waals surface area contributed by atoms with Crippen molar-refractivity contribution in [2.75, 3.05) is 0 Å². The van der Waals surface area contributed by atoms with E-state index in [1.165, 1.54) is 24.0 Å². The first kappa shape index (κ1) is 11.9. The first-order valence-corrected chi connectivity index (χ1v) is 6.46. The molecule has 0 aliphatic heterocycles. The van der Waals surface area contributed by atoms with Crippen LogP contribution in [0.2, 0.25) is 0 Å². The molecule has 2 rings (SSSR count). The first-order valence-electron chi connectivity index (χ1n) is 6.46. The molecule has 0 aromatic heterocycles. The molecule has 0 bridgehead atoms. The molecule has 90 valence electrons. The van der Waals surface area contributed by atoms with Gasteiger partial charge in [-0.3, -0.25) is 0 Å². The van der Waals surface area contributed by atoms with E-state index in [1.54, 1.807) is 0 Å². The van der Waals surface area contributed by atoms with Gasteiger partial charge in [-0.15, -0.1) is 0 Å². The SMILES string of the molecule is C=C1CCC=C(C)CCC2C1C(O)C2(C)C. The van der Waals surface area contributed by atoms with Crippen LogP contribution in [0.15, 0.2) is 23.8 Å². The van der Waals surface area contributed by atoms with Crippen LogP contribution < -0.4 is 0 Å². The van der Waals surface area contributed by atoms with Crippen LogP contribution >= 0.6 is 0 Å². The van der Waals surface area contributed by atoms with E-state index < -0.39 is 0 Å². The molecule has 0 radical (unpaired) electrons. The number of aliphatic hydroxyl groups excluding tert-OH is 1. The standard InChI is InChI=1S/C15H24O/c1-10-6-5-7-11(2)13-12(9-8-10)15(3,4)14(13)16/h6,12-14,16H,2,5,7-9H2,1,3-4H3. The minimum absolute atomic E-state index is 0.0816. The third-order valence-corrected chi connectivity index (χ3v) is 4.77. The number of allylic oxidation sites excluding steroid dienone is 2. The predicted octanol–water partition coefficient (Wildman–Crippen LogP) is 3.70. The van der Waals surface area contributed by atoms with Crippen molar-refractivity contribution in [3.8, 4) is 0 Å². The highest BCUT2D eigenvalue weighted by Crippen LogP contribution is 2.56. The van der Waals surface area contributed by atoms with Gasteiger partial charge in [0.2, 0.25) is 0 Å². The summed E-state index contributed by atoms with van der Waals surface area (Å²) in [6.45, 7) is 10.8. The van der Waals surface area contributed by atoms with Gasteiger partial charge in [0.25, 0.3) is 0 Å². The molecule has 2 aliphatic rings. The minimum Gasteiger partial charge on any atom is -0.392 e. The fourth-order valence-electron chi connectivity index (χ4n) is 3.46. The van der Waals surface area contributed by atoms with E-state index >= 15 is 0 Å². The van der Waals surface area contributed by atoms with Gasteiger partial charge >= 0.3 is 0 Å². The summed E-state index contributed by atoms with van der Waals surface area (Å²) >= 11 is 0. The number of hydrogen-bond donors (Lipinski definition) is 1. The molecular formula is C15H24O. The van der Waals surface area contributed by atoms with Gasteiger partial charge in [-0.1, -0.05) is 37.6 Å². The van der Waals surface area contributed by atoms with Gasteiger partial charge in [-0.05, 0) is 43.9 Å². The minimum atomic E-state index is -0.177. The molecule has 1 N–H and O–H groups in total. The van der Waals surface area contributed by atoms with E-state index in [-0.39, 0.29) is 11.5 Å². The first-order chi connectivity index (χ1) is 7.44. The average Bonchev–Trinajstić information content (AvgIpc) is 2.27. The molecule has 2 aliphatic carbocycles. The highest BCUT2D eigenvalue weighted by Gasteiger charge is 2.55. The predicted molar refractivity (Wildman–Crippen MR) is 68.1 cm³/mol. The maximum atomic E-state index is 10.2. The van der Waals surface area contributed by atoms with Crippen LogP contribution in [0.5, 0.6) is 0 Å². The molecular weight excluding hydrogens is 196 g/mol. The molecule has 0 aromatic rings. The molecule has 1 heteroatoms. The highest BCUT2D eigenvalue weighted by atomic mass is 16.3. The Bertz CT molecular complexity index is 324. The zero-order valence-corrected chi connectivity index (χ0v) is 10.8. The zero-order chi connectivity index (χ0) is 11.9. The van der Waals surface area contributed by atoms with Crippen molar-refractivity contribution >= 4 is 0 Å². The largest absolute Gasteiger partial charge is 0.392 e. The summed E-state index contributed by atoms with van der Waals surface area (Å²) in [5.41, 5.74) is 2.85. The van der Waals surface area contributed by atoms with Gasteiger partial charge in [-0.25, -0.2) is 0 Å². The lowest BCUT2D eigenvalue weighted by atomic mass is 9.50. The lowest BCUT2D eigenvalue weighted by molar-refractivity contribution is -0.147. The van der Waals surface area contributed by atoms with Gasteiger partial charge in [0.1, 0.15) is 0 Å². The van der Waals surface area contributed by atoms with Crippen molar-refractivity contribution in [2.45, 2.75) is 52.6 Å². The Morgan fingerprint density at radius 1 is 1.38 bits per heavy atom. The van der Waals surface area contributed by atoms with E-state index in [4.69, 9.17) is 0 Å². The average molecular weight is 220 g/mol. The second kappa shape index (κ2) is 4.03. The molecule has 0 heterocycles. The molecule has 3 unspecified atom stereocenters. The molecule has 3 atom stereocenters. The van der Waals surface area contributed by atoms with E-state index in [0.29, 0.717) is 11.8 Å². The Morgan fingerprint density at radius 2 is 2.06 bits per heavy atom. The summed E-state index contributed by atoms with van der Waals surface area (Å²) in [4.78, 5) is 0. The van der Waals surface area contributed by atoms with Crippen LogP contribution in [0.3, 0.4) is 0 Å². The Kier molecular flexibility index (Phi) is 3.00. The maximum absolute atomic E-state index is 10.2. The second-order valence-corrected chi connectivity index (χ2v) is 6.18. The number of fused-ring (bicyclic) bond motifs is 1. The lowest BCUT2D eigenvalue weighted by Crippen LogP contribution is -2.58. The van der Waals surface area contributed by atoms with Gasteiger partial charge in [-0.2, -0.15) is 0 Å². The summed E-state index contributed by atoms with van der Waals surface area (Å²) < 4.78 is 0. The van der Waals surface area contributed by atoms with Gasteiger partial charge < -0.3 is 5.11 Å². The van der Waals surface area contributed by atoms with E-state index in [2.05, 4.69) is 33.4 Å². The molecule has 16 heavy (non-hydrogen) atoms. The third-order valence-electron chi connectivity index (χ3n) is 4.77. The monoisotopic (exact) mass is 220 g/mol. The van der Waals surface area contributed by atoms with Crippen LogP contribution in [-0.4, -0.2) is 11.2 Å². The van der Waals surface area contributed by atoms with E-state index in [9.17, 15) is 5.11 Å². The summed E-state index contributed by atoms with van der Waals surface area (Å²) in [7, 11) is 0. The summed E-state index contributed by atoms with van der Waals surface area (Å²) in [6.07, 6.45) is 6.70. The molecule has 1 fully saturated rings. The Hall–Kier alpha value is -0.560. The van der Waals surface area contributed by atoms with Crippen LogP contribution in [0.1, 0.15) is 46.5 Å². The Morgan fingerprint density at radius 3 is 2.75 bits per heavy atom. The van der Waals surface area contributed by atoms with Crippen LogP contribution in [0, 0.1) is 17.3 Å². The number of rotatable bonds is 0. The number of hydrogen-bond acceptors (Lipinski definition) is 1. The third kappa shape index (κ3) is 1.75. The maximum Gasteiger partial charge on any atom is 0.0661 e. The van der Waals surface area contributed by atoms with Crippen LogP contribution in [-0.2, 0) is 0 Å². The van der Waals surface area contributed by atoms with E-state index in [1.807, 2.05) is 0 Å². The van der Waals surface area contributed by atoms with Crippen molar-refractivity contribution in [1.29, 1.82) is 0 Å². The molecule has 0 amide bonds. The van der Waals surface area contributed by atoms with E-state index in [0.717, 1.165) is 12.8 Å². The van der Waals surface area contributed by atoms with Crippen LogP contribution in [0.25, 0.3) is 0 Å². The van der Waals surface area contributed by atoms with Crippen LogP contribution in [0.4, 0.5) is 0 Å². The van der Waals surface area contributed by atoms with Crippen molar-refractivity contribution in [1.82, 2.24) is 0 Å². The van der Waals surface area contributed by atoms with Crippen molar-refractivity contribution in [3.63, 3.8) is 0 Å². The van der Waals surface area contributed by atoms with Gasteiger partial charge in [0.05, 0.1) is 6.10 Å². The quantitative estimate of drug-likeness (QED) is 0.617. The summed E-state index contributed by atoms with van der Waals surface area (Å²) in [5.74, 6) is 0.978. The zero-order valence-electron chi connectivity index (χ0n) is 10.8. The second-order valence-electron chi connectivity index (χ2n) is 6.18. The highest BCUT2D eigenvalue weighted by molar-refractivity contribution is 5.20. The summed E-state index contributed by atoms with van der Waals surface area (Å²) in [6, 6.07) is 0. The normalized spacial score (nSPS) is 38.6. The lowest BCUT2D eigenvalue weighted by Gasteiger charge is -2.57.